The number of hydrogen-bond acceptors (Lipinski definition) is 10. The van der Waals surface area contributed by atoms with Gasteiger partial charge >= 0.3 is 12.1 Å². The summed E-state index contributed by atoms with van der Waals surface area (Å²) in [6.45, 7) is 10.7. The van der Waals surface area contributed by atoms with Crippen LogP contribution >= 0.6 is 0 Å². The predicted octanol–water partition coefficient (Wildman–Crippen LogP) is 6.11. The van der Waals surface area contributed by atoms with E-state index in [4.69, 9.17) is 25.6 Å². The normalized spacial score (nSPS) is 18.9. The third-order valence-corrected chi connectivity index (χ3v) is 10.0. The van der Waals surface area contributed by atoms with Gasteiger partial charge in [0.25, 0.3) is 0 Å². The molecule has 12 heteroatoms. The number of fused-ring (bicyclic) bond motifs is 2. The molecule has 1 saturated carbocycles. The SMILES string of the molecule is C#Cc1cccc2cc(O)cc(-c3ccc4c(N5CCN(C(=O)OC(C)(C)C)CC5CC#N)nc(OCC5(CN6CCOCC6)CC5)nc4c3F)c12. The van der Waals surface area contributed by atoms with Crippen LogP contribution in [0.1, 0.15) is 45.6 Å². The number of ether oxygens (including phenoxy) is 3. The average Bonchev–Trinajstić information content (AvgIpc) is 3.89. The highest BCUT2D eigenvalue weighted by Gasteiger charge is 2.45. The lowest BCUT2D eigenvalue weighted by molar-refractivity contribution is 0.0215. The molecular weight excluding hydrogens is 663 g/mol. The molecule has 3 fully saturated rings. The Morgan fingerprint density at radius 1 is 1.12 bits per heavy atom. The van der Waals surface area contributed by atoms with E-state index in [0.29, 0.717) is 66.0 Å². The van der Waals surface area contributed by atoms with Crippen LogP contribution in [0.15, 0.2) is 42.5 Å². The summed E-state index contributed by atoms with van der Waals surface area (Å²) in [7, 11) is 0. The van der Waals surface area contributed by atoms with E-state index in [9.17, 15) is 15.2 Å². The van der Waals surface area contributed by atoms with Gasteiger partial charge in [-0.2, -0.15) is 15.2 Å². The molecule has 2 saturated heterocycles. The molecule has 1 unspecified atom stereocenters. The number of aromatic nitrogens is 2. The molecule has 11 nitrogen and oxygen atoms in total. The molecule has 4 aromatic rings. The molecule has 3 aliphatic rings. The van der Waals surface area contributed by atoms with E-state index in [-0.39, 0.29) is 41.2 Å². The summed E-state index contributed by atoms with van der Waals surface area (Å²) in [5.74, 6) is 2.46. The number of benzene rings is 3. The van der Waals surface area contributed by atoms with Gasteiger partial charge in [-0.25, -0.2) is 9.18 Å². The Bertz CT molecular complexity index is 2090. The summed E-state index contributed by atoms with van der Waals surface area (Å²) >= 11 is 0. The average molecular weight is 707 g/mol. The topological polar surface area (TPSA) is 124 Å². The van der Waals surface area contributed by atoms with Crippen LogP contribution in [0.2, 0.25) is 0 Å². The second-order valence-electron chi connectivity index (χ2n) is 15.0. The molecule has 1 amide bonds. The molecule has 1 aliphatic carbocycles. The van der Waals surface area contributed by atoms with Crippen LogP contribution in [0.4, 0.5) is 15.0 Å². The van der Waals surface area contributed by atoms with E-state index in [1.54, 1.807) is 35.2 Å². The summed E-state index contributed by atoms with van der Waals surface area (Å²) < 4.78 is 34.6. The molecule has 0 spiro atoms. The van der Waals surface area contributed by atoms with Crippen molar-refractivity contribution in [2.75, 3.05) is 64.0 Å². The number of anilines is 1. The Kier molecular flexibility index (Phi) is 9.55. The maximum absolute atomic E-state index is 17.1. The number of piperazine rings is 1. The van der Waals surface area contributed by atoms with Gasteiger partial charge in [0.2, 0.25) is 0 Å². The Morgan fingerprint density at radius 3 is 2.62 bits per heavy atom. The Hall–Kier alpha value is -5.17. The number of morpholine rings is 1. The number of aromatic hydroxyl groups is 1. The minimum atomic E-state index is -0.675. The van der Waals surface area contributed by atoms with Gasteiger partial charge in [0, 0.05) is 66.6 Å². The highest BCUT2D eigenvalue weighted by atomic mass is 19.1. The molecule has 1 atom stereocenters. The van der Waals surface area contributed by atoms with Gasteiger partial charge in [0.1, 0.15) is 22.7 Å². The van der Waals surface area contributed by atoms with Crippen molar-refractivity contribution in [1.82, 2.24) is 19.8 Å². The molecular formula is C40H43FN6O5. The zero-order valence-corrected chi connectivity index (χ0v) is 29.8. The standard InChI is InChI=1S/C40H43FN6O5/c1-5-26-7-6-8-27-21-29(48)22-32(33(26)27)30-9-10-31-35(34(30)41)43-37(51-25-40(12-13-40)24-45-17-19-50-20-18-45)44-36(31)47-16-15-46(23-28(47)11-14-42)38(49)52-39(2,3)4/h1,6-10,21-22,28,48H,11-13,15-20,23-25H2,2-4H3. The van der Waals surface area contributed by atoms with Crippen molar-refractivity contribution in [1.29, 1.82) is 5.26 Å². The van der Waals surface area contributed by atoms with Crippen molar-refractivity contribution in [2.24, 2.45) is 5.41 Å². The second kappa shape index (κ2) is 14.1. The number of phenols is 1. The highest BCUT2D eigenvalue weighted by molar-refractivity contribution is 6.04. The lowest BCUT2D eigenvalue weighted by Gasteiger charge is -2.41. The van der Waals surface area contributed by atoms with E-state index in [2.05, 4.69) is 21.9 Å². The number of nitrogens with zero attached hydrogens (tertiary/aromatic N) is 6. The third-order valence-electron chi connectivity index (χ3n) is 10.0. The maximum atomic E-state index is 17.1. The minimum absolute atomic E-state index is 0.0271. The van der Waals surface area contributed by atoms with Crippen molar-refractivity contribution >= 4 is 33.6 Å². The van der Waals surface area contributed by atoms with Gasteiger partial charge < -0.3 is 29.1 Å². The van der Waals surface area contributed by atoms with Crippen LogP contribution < -0.4 is 9.64 Å². The van der Waals surface area contributed by atoms with Crippen LogP contribution in [0.25, 0.3) is 32.8 Å². The quantitative estimate of drug-likeness (QED) is 0.215. The minimum Gasteiger partial charge on any atom is -0.508 e. The number of rotatable bonds is 8. The first-order chi connectivity index (χ1) is 25.0. The van der Waals surface area contributed by atoms with E-state index in [1.807, 2.05) is 31.7 Å². The van der Waals surface area contributed by atoms with Crippen LogP contribution in [-0.4, -0.2) is 102 Å². The van der Waals surface area contributed by atoms with Gasteiger partial charge in [-0.05, 0) is 68.8 Å². The zero-order valence-electron chi connectivity index (χ0n) is 29.8. The molecule has 1 aromatic heterocycles. The van der Waals surface area contributed by atoms with Crippen molar-refractivity contribution < 1.29 is 28.5 Å². The fourth-order valence-electron chi connectivity index (χ4n) is 7.24. The lowest BCUT2D eigenvalue weighted by atomic mass is 9.93. The molecule has 1 N–H and O–H groups in total. The van der Waals surface area contributed by atoms with E-state index in [1.165, 1.54) is 6.07 Å². The number of carbonyl (C=O) groups excluding carboxylic acids is 1. The molecule has 2 aliphatic heterocycles. The monoisotopic (exact) mass is 706 g/mol. The Labute approximate surface area is 302 Å². The number of halogens is 1. The predicted molar refractivity (Wildman–Crippen MR) is 196 cm³/mol. The largest absolute Gasteiger partial charge is 0.508 e. The number of amides is 1. The van der Waals surface area contributed by atoms with E-state index >= 15 is 4.39 Å². The summed E-state index contributed by atoms with van der Waals surface area (Å²) in [5.41, 5.74) is 0.519. The van der Waals surface area contributed by atoms with Crippen LogP contribution in [0.5, 0.6) is 11.8 Å². The first-order valence-electron chi connectivity index (χ1n) is 17.7. The smallest absolute Gasteiger partial charge is 0.410 e. The summed E-state index contributed by atoms with van der Waals surface area (Å²) in [6.07, 6.45) is 7.51. The number of terminal acetylenes is 1. The zero-order chi connectivity index (χ0) is 36.6. The molecule has 52 heavy (non-hydrogen) atoms. The van der Waals surface area contributed by atoms with Crippen molar-refractivity contribution in [2.45, 2.75) is 51.7 Å². The van der Waals surface area contributed by atoms with Gasteiger partial charge in [0.05, 0.1) is 38.4 Å². The van der Waals surface area contributed by atoms with Crippen LogP contribution in [0, 0.1) is 34.9 Å². The van der Waals surface area contributed by atoms with Gasteiger partial charge in [-0.15, -0.1) is 6.42 Å². The first kappa shape index (κ1) is 35.2. The third kappa shape index (κ3) is 7.27. The molecule has 3 heterocycles. The summed E-state index contributed by atoms with van der Waals surface area (Å²) in [6, 6.07) is 13.7. The number of nitriles is 1. The molecule has 0 bridgehead atoms. The lowest BCUT2D eigenvalue weighted by Crippen LogP contribution is -2.56. The van der Waals surface area contributed by atoms with E-state index in [0.717, 1.165) is 32.5 Å². The molecule has 0 radical (unpaired) electrons. The fourth-order valence-corrected chi connectivity index (χ4v) is 7.24. The van der Waals surface area contributed by atoms with Crippen molar-refractivity contribution in [3.8, 4) is 41.3 Å². The maximum Gasteiger partial charge on any atom is 0.410 e. The number of hydrogen-bond donors (Lipinski definition) is 1. The molecule has 7 rings (SSSR count). The fraction of sp³-hybridized carbons (Fsp3) is 0.450. The van der Waals surface area contributed by atoms with Gasteiger partial charge in [0.15, 0.2) is 5.82 Å². The van der Waals surface area contributed by atoms with Gasteiger partial charge in [-0.1, -0.05) is 24.1 Å². The number of carbonyl (C=O) groups is 1. The molecule has 270 valence electrons. The van der Waals surface area contributed by atoms with Crippen LogP contribution in [-0.2, 0) is 9.47 Å². The second-order valence-corrected chi connectivity index (χ2v) is 15.0. The van der Waals surface area contributed by atoms with Crippen LogP contribution in [0.3, 0.4) is 0 Å². The van der Waals surface area contributed by atoms with Crippen molar-refractivity contribution in [3.63, 3.8) is 0 Å². The molecule has 3 aromatic carbocycles. The highest BCUT2D eigenvalue weighted by Crippen LogP contribution is 2.47. The summed E-state index contributed by atoms with van der Waals surface area (Å²) in [4.78, 5) is 28.5. The Balaban J connectivity index is 1.30. The Morgan fingerprint density at radius 2 is 1.90 bits per heavy atom. The number of phenolic OH excluding ortho intramolecular Hbond substituents is 1. The van der Waals surface area contributed by atoms with E-state index < -0.39 is 23.6 Å². The van der Waals surface area contributed by atoms with Gasteiger partial charge in [-0.3, -0.25) is 4.90 Å². The first-order valence-corrected chi connectivity index (χ1v) is 17.7. The summed E-state index contributed by atoms with van der Waals surface area (Å²) in [5, 5.41) is 22.3. The van der Waals surface area contributed by atoms with Crippen molar-refractivity contribution in [3.05, 3.63) is 53.8 Å².